The summed E-state index contributed by atoms with van der Waals surface area (Å²) in [6.45, 7) is 0. The summed E-state index contributed by atoms with van der Waals surface area (Å²) in [5.41, 5.74) is 7.65. The van der Waals surface area contributed by atoms with Crippen molar-refractivity contribution in [3.63, 3.8) is 0 Å². The van der Waals surface area contributed by atoms with Gasteiger partial charge in [-0.3, -0.25) is 0 Å². The Hall–Kier alpha value is -5.22. The molecular weight excluding hydrogens is 466 g/mol. The predicted octanol–water partition coefficient (Wildman–Crippen LogP) is 8.81. The minimum atomic E-state index is 0.594. The highest BCUT2D eigenvalue weighted by molar-refractivity contribution is 6.25. The normalized spacial score (nSPS) is 11.7. The standard InChI is InChI=1S/C34H21N3O/c1-4-12-22(13-5-1)31-30-26-20-21-28-29(25-18-10-11-19-27(25)37(28)24-16-8-3-9-17-24)32(26)38-34(30)36-33(35-31)23-14-6-2-7-15-23/h1-21H. The van der Waals surface area contributed by atoms with Gasteiger partial charge in [-0.1, -0.05) is 97.1 Å². The molecule has 0 fully saturated rings. The topological polar surface area (TPSA) is 43.9 Å². The summed E-state index contributed by atoms with van der Waals surface area (Å²) >= 11 is 0. The highest BCUT2D eigenvalue weighted by Gasteiger charge is 2.22. The molecule has 0 unspecified atom stereocenters. The highest BCUT2D eigenvalue weighted by Crippen LogP contribution is 2.42. The van der Waals surface area contributed by atoms with Crippen molar-refractivity contribution < 1.29 is 4.42 Å². The van der Waals surface area contributed by atoms with Crippen molar-refractivity contribution in [2.45, 2.75) is 0 Å². The quantitative estimate of drug-likeness (QED) is 0.250. The molecule has 0 spiro atoms. The highest BCUT2D eigenvalue weighted by atomic mass is 16.3. The van der Waals surface area contributed by atoms with Crippen LogP contribution in [0, 0.1) is 0 Å². The summed E-state index contributed by atoms with van der Waals surface area (Å²) in [4.78, 5) is 10.0. The van der Waals surface area contributed by atoms with Crippen molar-refractivity contribution in [1.29, 1.82) is 0 Å². The Kier molecular flexibility index (Phi) is 4.49. The van der Waals surface area contributed by atoms with Crippen molar-refractivity contribution in [3.05, 3.63) is 127 Å². The van der Waals surface area contributed by atoms with E-state index < -0.39 is 0 Å². The smallest absolute Gasteiger partial charge is 0.231 e. The van der Waals surface area contributed by atoms with E-state index in [1.165, 1.54) is 0 Å². The SMILES string of the molecule is c1ccc(-c2nc(-c3ccccc3)c3c(n2)oc2c3ccc3c2c2ccccc2n3-c2ccccc2)cc1. The molecule has 0 saturated carbocycles. The van der Waals surface area contributed by atoms with Gasteiger partial charge in [0, 0.05) is 27.6 Å². The maximum absolute atomic E-state index is 6.68. The summed E-state index contributed by atoms with van der Waals surface area (Å²) in [6.07, 6.45) is 0. The number of aromatic nitrogens is 3. The molecule has 4 nitrogen and oxygen atoms in total. The Morgan fingerprint density at radius 3 is 1.92 bits per heavy atom. The third-order valence-electron chi connectivity index (χ3n) is 7.23. The van der Waals surface area contributed by atoms with E-state index in [0.717, 1.165) is 60.7 Å². The van der Waals surface area contributed by atoms with Crippen molar-refractivity contribution >= 4 is 43.9 Å². The van der Waals surface area contributed by atoms with E-state index in [-0.39, 0.29) is 0 Å². The number of hydrogen-bond donors (Lipinski definition) is 0. The first-order chi connectivity index (χ1) is 18.9. The first-order valence-corrected chi connectivity index (χ1v) is 12.7. The summed E-state index contributed by atoms with van der Waals surface area (Å²) in [5.74, 6) is 0.652. The van der Waals surface area contributed by atoms with E-state index in [0.29, 0.717) is 11.5 Å². The molecule has 0 radical (unpaired) electrons. The third kappa shape index (κ3) is 3.04. The van der Waals surface area contributed by atoms with Gasteiger partial charge in [0.1, 0.15) is 5.58 Å². The van der Waals surface area contributed by atoms with Gasteiger partial charge in [0.25, 0.3) is 0 Å². The monoisotopic (exact) mass is 487 g/mol. The second-order valence-corrected chi connectivity index (χ2v) is 9.43. The van der Waals surface area contributed by atoms with E-state index >= 15 is 0 Å². The zero-order chi connectivity index (χ0) is 25.1. The summed E-state index contributed by atoms with van der Waals surface area (Å²) in [5, 5.41) is 4.18. The van der Waals surface area contributed by atoms with Gasteiger partial charge in [-0.2, -0.15) is 4.98 Å². The van der Waals surface area contributed by atoms with Gasteiger partial charge in [0.2, 0.25) is 5.71 Å². The van der Waals surface area contributed by atoms with E-state index in [9.17, 15) is 0 Å². The number of rotatable bonds is 3. The van der Waals surface area contributed by atoms with Gasteiger partial charge >= 0.3 is 0 Å². The van der Waals surface area contributed by atoms with Gasteiger partial charge in [0.15, 0.2) is 5.82 Å². The number of para-hydroxylation sites is 2. The van der Waals surface area contributed by atoms with Gasteiger partial charge in [-0.05, 0) is 30.3 Å². The van der Waals surface area contributed by atoms with E-state index in [2.05, 4.69) is 77.4 Å². The molecule has 178 valence electrons. The Bertz CT molecular complexity index is 2110. The second kappa shape index (κ2) is 8.15. The minimum absolute atomic E-state index is 0.594. The van der Waals surface area contributed by atoms with Gasteiger partial charge in [-0.15, -0.1) is 0 Å². The molecule has 38 heavy (non-hydrogen) atoms. The number of furan rings is 1. The van der Waals surface area contributed by atoms with Crippen LogP contribution >= 0.6 is 0 Å². The van der Waals surface area contributed by atoms with E-state index in [4.69, 9.17) is 14.4 Å². The lowest BCUT2D eigenvalue weighted by Crippen LogP contribution is -1.93. The average Bonchev–Trinajstić information content (AvgIpc) is 3.54. The second-order valence-electron chi connectivity index (χ2n) is 9.43. The molecular formula is C34H21N3O. The van der Waals surface area contributed by atoms with Crippen molar-refractivity contribution in [3.8, 4) is 28.3 Å². The van der Waals surface area contributed by atoms with Crippen LogP contribution in [0.2, 0.25) is 0 Å². The molecule has 0 atom stereocenters. The van der Waals surface area contributed by atoms with Gasteiger partial charge in [-0.25, -0.2) is 4.98 Å². The molecule has 0 N–H and O–H groups in total. The maximum Gasteiger partial charge on any atom is 0.231 e. The summed E-state index contributed by atoms with van der Waals surface area (Å²) < 4.78 is 8.98. The van der Waals surface area contributed by atoms with Gasteiger partial charge in [0.05, 0.1) is 27.5 Å². The molecule has 3 heterocycles. The van der Waals surface area contributed by atoms with Crippen molar-refractivity contribution in [1.82, 2.24) is 14.5 Å². The first kappa shape index (κ1) is 20.9. The average molecular weight is 488 g/mol. The molecule has 8 rings (SSSR count). The lowest BCUT2D eigenvalue weighted by atomic mass is 10.0. The predicted molar refractivity (Wildman–Crippen MR) is 155 cm³/mol. The Balaban J connectivity index is 1.53. The number of benzene rings is 5. The molecule has 0 saturated heterocycles. The lowest BCUT2D eigenvalue weighted by Gasteiger charge is -2.07. The minimum Gasteiger partial charge on any atom is -0.437 e. The number of fused-ring (bicyclic) bond motifs is 7. The van der Waals surface area contributed by atoms with Crippen LogP contribution in [0.15, 0.2) is 132 Å². The lowest BCUT2D eigenvalue weighted by molar-refractivity contribution is 0.657. The van der Waals surface area contributed by atoms with Crippen LogP contribution in [0.1, 0.15) is 0 Å². The molecule has 8 aromatic rings. The van der Waals surface area contributed by atoms with Crippen LogP contribution in [0.4, 0.5) is 0 Å². The fourth-order valence-electron chi connectivity index (χ4n) is 5.56. The Labute approximate surface area is 218 Å². The van der Waals surface area contributed by atoms with E-state index in [1.54, 1.807) is 0 Å². The molecule has 3 aromatic heterocycles. The number of nitrogens with zero attached hydrogens (tertiary/aromatic N) is 3. The summed E-state index contributed by atoms with van der Waals surface area (Å²) in [6, 6.07) is 43.7. The molecule has 0 aliphatic heterocycles. The van der Waals surface area contributed by atoms with Crippen molar-refractivity contribution in [2.75, 3.05) is 0 Å². The largest absolute Gasteiger partial charge is 0.437 e. The first-order valence-electron chi connectivity index (χ1n) is 12.7. The van der Waals surface area contributed by atoms with Crippen LogP contribution in [0.5, 0.6) is 0 Å². The fraction of sp³-hybridized carbons (Fsp3) is 0. The molecule has 0 aliphatic rings. The van der Waals surface area contributed by atoms with Crippen LogP contribution in [-0.4, -0.2) is 14.5 Å². The van der Waals surface area contributed by atoms with Crippen LogP contribution in [0.3, 0.4) is 0 Å². The van der Waals surface area contributed by atoms with Crippen molar-refractivity contribution in [2.24, 2.45) is 0 Å². The molecule has 0 amide bonds. The van der Waals surface area contributed by atoms with Crippen LogP contribution in [0.25, 0.3) is 72.2 Å². The van der Waals surface area contributed by atoms with E-state index in [1.807, 2.05) is 54.6 Å². The molecule has 0 bridgehead atoms. The number of hydrogen-bond acceptors (Lipinski definition) is 3. The third-order valence-corrected chi connectivity index (χ3v) is 7.23. The zero-order valence-corrected chi connectivity index (χ0v) is 20.4. The fourth-order valence-corrected chi connectivity index (χ4v) is 5.56. The summed E-state index contributed by atoms with van der Waals surface area (Å²) in [7, 11) is 0. The Morgan fingerprint density at radius 2 is 1.16 bits per heavy atom. The molecule has 0 aliphatic carbocycles. The molecule has 4 heteroatoms. The maximum atomic E-state index is 6.68. The zero-order valence-electron chi connectivity index (χ0n) is 20.4. The Morgan fingerprint density at radius 1 is 0.500 bits per heavy atom. The van der Waals surface area contributed by atoms with Gasteiger partial charge < -0.3 is 8.98 Å². The van der Waals surface area contributed by atoms with Crippen LogP contribution in [-0.2, 0) is 0 Å². The molecule has 5 aromatic carbocycles. The van der Waals surface area contributed by atoms with Crippen LogP contribution < -0.4 is 0 Å².